The minimum atomic E-state index is -1.98. The number of halogens is 5. The fraction of sp³-hybridized carbons (Fsp3) is 0.333. The second kappa shape index (κ2) is 4.68. The van der Waals surface area contributed by atoms with Crippen molar-refractivity contribution < 1.29 is 22.7 Å². The minimum Gasteiger partial charge on any atom is -0.387 e. The summed E-state index contributed by atoms with van der Waals surface area (Å²) in [5.74, 6) is -7.18. The molecule has 0 unspecified atom stereocenters. The summed E-state index contributed by atoms with van der Waals surface area (Å²) < 4.78 is 51.3. The highest BCUT2D eigenvalue weighted by Crippen LogP contribution is 2.33. The zero-order valence-corrected chi connectivity index (χ0v) is 9.66. The van der Waals surface area contributed by atoms with Crippen molar-refractivity contribution in [3.8, 4) is 0 Å². The number of rotatable bonds is 2. The molecule has 0 saturated carbocycles. The lowest BCUT2D eigenvalue weighted by Gasteiger charge is -2.18. The van der Waals surface area contributed by atoms with Gasteiger partial charge in [0.15, 0.2) is 23.3 Å². The highest BCUT2D eigenvalue weighted by atomic mass is 79.9. The fourth-order valence-corrected chi connectivity index (χ4v) is 1.73. The number of hydrogen-bond acceptors (Lipinski definition) is 2. The van der Waals surface area contributed by atoms with Gasteiger partial charge in [-0.25, -0.2) is 17.6 Å². The van der Waals surface area contributed by atoms with E-state index >= 15 is 0 Å². The van der Waals surface area contributed by atoms with Crippen molar-refractivity contribution >= 4 is 15.9 Å². The van der Waals surface area contributed by atoms with E-state index in [2.05, 4.69) is 15.9 Å². The summed E-state index contributed by atoms with van der Waals surface area (Å²) in [5.41, 5.74) is 4.54. The first-order valence-electron chi connectivity index (χ1n) is 4.24. The molecule has 0 fully saturated rings. The Morgan fingerprint density at radius 3 is 1.94 bits per heavy atom. The molecule has 7 heteroatoms. The molecule has 0 bridgehead atoms. The molecule has 2 atom stereocenters. The summed E-state index contributed by atoms with van der Waals surface area (Å²) in [6.45, 7) is 1.32. The summed E-state index contributed by atoms with van der Waals surface area (Å²) in [6.07, 6.45) is -1.64. The average Bonchev–Trinajstić information content (AvgIpc) is 2.23. The first-order chi connectivity index (χ1) is 7.29. The molecular weight excluding hydrogens is 294 g/mol. The fourth-order valence-electron chi connectivity index (χ4n) is 1.14. The normalized spacial score (nSPS) is 15.0. The van der Waals surface area contributed by atoms with Gasteiger partial charge in [0.1, 0.15) is 0 Å². The van der Waals surface area contributed by atoms with Gasteiger partial charge in [0.05, 0.1) is 10.6 Å². The van der Waals surface area contributed by atoms with Crippen LogP contribution >= 0.6 is 15.9 Å². The van der Waals surface area contributed by atoms with E-state index in [0.717, 1.165) is 0 Å². The largest absolute Gasteiger partial charge is 0.387 e. The summed E-state index contributed by atoms with van der Waals surface area (Å²) in [4.78, 5) is 0. The van der Waals surface area contributed by atoms with Crippen molar-refractivity contribution in [2.75, 3.05) is 0 Å². The molecule has 1 aromatic rings. The zero-order valence-electron chi connectivity index (χ0n) is 8.07. The summed E-state index contributed by atoms with van der Waals surface area (Å²) in [5, 5.41) is 9.45. The van der Waals surface area contributed by atoms with Crippen molar-refractivity contribution in [2.45, 2.75) is 19.1 Å². The van der Waals surface area contributed by atoms with E-state index in [0.29, 0.717) is 0 Å². The van der Waals surface area contributed by atoms with Crippen molar-refractivity contribution in [3.63, 3.8) is 0 Å². The van der Waals surface area contributed by atoms with Crippen LogP contribution < -0.4 is 5.73 Å². The second-order valence-electron chi connectivity index (χ2n) is 3.29. The topological polar surface area (TPSA) is 46.2 Å². The molecule has 2 nitrogen and oxygen atoms in total. The molecule has 0 heterocycles. The van der Waals surface area contributed by atoms with Crippen LogP contribution in [0.1, 0.15) is 18.6 Å². The number of hydrogen-bond donors (Lipinski definition) is 2. The maximum Gasteiger partial charge on any atom is 0.198 e. The highest BCUT2D eigenvalue weighted by molar-refractivity contribution is 9.10. The molecule has 16 heavy (non-hydrogen) atoms. The predicted octanol–water partition coefficient (Wildman–Crippen LogP) is 2.39. The van der Waals surface area contributed by atoms with Crippen LogP contribution in [-0.4, -0.2) is 11.1 Å². The lowest BCUT2D eigenvalue weighted by Crippen LogP contribution is -2.26. The van der Waals surface area contributed by atoms with Gasteiger partial charge in [0, 0.05) is 11.6 Å². The van der Waals surface area contributed by atoms with E-state index in [-0.39, 0.29) is 0 Å². The van der Waals surface area contributed by atoms with Crippen molar-refractivity contribution in [2.24, 2.45) is 5.73 Å². The molecule has 0 radical (unpaired) electrons. The van der Waals surface area contributed by atoms with Crippen LogP contribution in [0.4, 0.5) is 17.6 Å². The smallest absolute Gasteiger partial charge is 0.198 e. The Hall–Kier alpha value is -0.660. The van der Waals surface area contributed by atoms with Crippen LogP contribution in [-0.2, 0) is 0 Å². The quantitative estimate of drug-likeness (QED) is 0.500. The number of aliphatic hydroxyl groups is 1. The molecule has 90 valence electrons. The van der Waals surface area contributed by atoms with E-state index in [4.69, 9.17) is 5.73 Å². The Labute approximate surface area is 97.2 Å². The Kier molecular flexibility index (Phi) is 3.92. The van der Waals surface area contributed by atoms with Crippen molar-refractivity contribution in [3.05, 3.63) is 33.3 Å². The molecule has 0 saturated heterocycles. The number of nitrogens with two attached hydrogens (primary N) is 1. The maximum atomic E-state index is 13.3. The number of aliphatic hydroxyl groups excluding tert-OH is 1. The molecule has 0 spiro atoms. The Balaban J connectivity index is 3.51. The van der Waals surface area contributed by atoms with Gasteiger partial charge in [0.25, 0.3) is 0 Å². The van der Waals surface area contributed by atoms with Crippen LogP contribution in [0.25, 0.3) is 0 Å². The first kappa shape index (κ1) is 13.4. The summed E-state index contributed by atoms with van der Waals surface area (Å²) in [6, 6.07) is -0.963. The van der Waals surface area contributed by atoms with E-state index in [1.54, 1.807) is 0 Å². The minimum absolute atomic E-state index is 0.673. The third-order valence-corrected chi connectivity index (χ3v) is 2.81. The average molecular weight is 302 g/mol. The third-order valence-electron chi connectivity index (χ3n) is 2.04. The molecule has 0 amide bonds. The molecule has 0 aliphatic heterocycles. The van der Waals surface area contributed by atoms with Crippen LogP contribution in [0, 0.1) is 23.3 Å². The van der Waals surface area contributed by atoms with Crippen LogP contribution in [0.5, 0.6) is 0 Å². The Morgan fingerprint density at radius 1 is 1.06 bits per heavy atom. The number of benzene rings is 1. The lowest BCUT2D eigenvalue weighted by molar-refractivity contribution is 0.145. The van der Waals surface area contributed by atoms with Crippen LogP contribution in [0.3, 0.4) is 0 Å². The van der Waals surface area contributed by atoms with Gasteiger partial charge < -0.3 is 10.8 Å². The predicted molar refractivity (Wildman–Crippen MR) is 52.6 cm³/mol. The Bertz CT molecular complexity index is 395. The monoisotopic (exact) mass is 301 g/mol. The van der Waals surface area contributed by atoms with Gasteiger partial charge in [-0.1, -0.05) is 0 Å². The lowest BCUT2D eigenvalue weighted by atomic mass is 10.0. The van der Waals surface area contributed by atoms with Gasteiger partial charge in [-0.3, -0.25) is 0 Å². The molecule has 0 aliphatic rings. The van der Waals surface area contributed by atoms with Gasteiger partial charge in [-0.15, -0.1) is 0 Å². The van der Waals surface area contributed by atoms with Gasteiger partial charge in [0.2, 0.25) is 0 Å². The van der Waals surface area contributed by atoms with Crippen molar-refractivity contribution in [1.29, 1.82) is 0 Å². The highest BCUT2D eigenvalue weighted by Gasteiger charge is 2.29. The van der Waals surface area contributed by atoms with Crippen molar-refractivity contribution in [1.82, 2.24) is 0 Å². The summed E-state index contributed by atoms with van der Waals surface area (Å²) >= 11 is 2.55. The SMILES string of the molecule is C[C@@H](N)[C@@H](O)c1c(F)c(F)c(F)c(F)c1Br. The third kappa shape index (κ3) is 2.07. The first-order valence-corrected chi connectivity index (χ1v) is 5.03. The van der Waals surface area contributed by atoms with E-state index < -0.39 is 45.5 Å². The Morgan fingerprint density at radius 2 is 1.50 bits per heavy atom. The zero-order chi connectivity index (χ0) is 12.6. The molecule has 0 aliphatic carbocycles. The van der Waals surface area contributed by atoms with Gasteiger partial charge in [-0.05, 0) is 22.9 Å². The molecule has 0 aromatic heterocycles. The maximum absolute atomic E-state index is 13.3. The summed E-state index contributed by atoms with van der Waals surface area (Å²) in [7, 11) is 0. The van der Waals surface area contributed by atoms with Gasteiger partial charge >= 0.3 is 0 Å². The van der Waals surface area contributed by atoms with E-state index in [1.165, 1.54) is 6.92 Å². The van der Waals surface area contributed by atoms with Crippen LogP contribution in [0.15, 0.2) is 4.47 Å². The molecule has 1 aromatic carbocycles. The molecular formula is C9H8BrF4NO. The molecule has 3 N–H and O–H groups in total. The standard InChI is InChI=1S/C9H8BrF4NO/c1-2(15)9(16)3-4(10)6(12)8(14)7(13)5(3)11/h2,9,16H,15H2,1H3/t2-,9-/m1/s1. The second-order valence-corrected chi connectivity index (χ2v) is 4.08. The van der Waals surface area contributed by atoms with E-state index in [9.17, 15) is 22.7 Å². The van der Waals surface area contributed by atoms with Gasteiger partial charge in [-0.2, -0.15) is 0 Å². The van der Waals surface area contributed by atoms with E-state index in [1.807, 2.05) is 0 Å². The molecule has 1 rings (SSSR count). The van der Waals surface area contributed by atoms with Crippen LogP contribution in [0.2, 0.25) is 0 Å².